The van der Waals surface area contributed by atoms with Crippen molar-refractivity contribution in [2.24, 2.45) is 0 Å². The Morgan fingerprint density at radius 3 is 2.75 bits per heavy atom. The van der Waals surface area contributed by atoms with Gasteiger partial charge in [-0.25, -0.2) is 4.98 Å². The number of hydrogen-bond acceptors (Lipinski definition) is 5. The molecule has 1 aliphatic heterocycles. The number of anilines is 1. The van der Waals surface area contributed by atoms with E-state index in [1.807, 2.05) is 43.3 Å². The summed E-state index contributed by atoms with van der Waals surface area (Å²) in [5.41, 5.74) is 4.32. The zero-order chi connectivity index (χ0) is 19.1. The van der Waals surface area contributed by atoms with E-state index in [1.165, 1.54) is 0 Å². The Hall–Kier alpha value is -3.38. The fourth-order valence-corrected chi connectivity index (χ4v) is 4.13. The average Bonchev–Trinajstić information content (AvgIpc) is 3.35. The monoisotopic (exact) mass is 388 g/mol. The number of ether oxygens (including phenoxy) is 2. The van der Waals surface area contributed by atoms with E-state index in [0.717, 1.165) is 32.0 Å². The fourth-order valence-electron chi connectivity index (χ4n) is 3.16. The van der Waals surface area contributed by atoms with Crippen molar-refractivity contribution in [3.8, 4) is 22.1 Å². The SMILES string of the molecule is Cc1cc(-c2nc3ccccc3s2)ccc1NC(=O)c1ccc2c(c1)OCO2. The van der Waals surface area contributed by atoms with Crippen molar-refractivity contribution in [2.75, 3.05) is 12.1 Å². The first-order valence-electron chi connectivity index (χ1n) is 8.85. The van der Waals surface area contributed by atoms with Gasteiger partial charge in [0.05, 0.1) is 10.2 Å². The zero-order valence-electron chi connectivity index (χ0n) is 15.1. The van der Waals surface area contributed by atoms with Crippen LogP contribution in [0.1, 0.15) is 15.9 Å². The standard InChI is InChI=1S/C22H16N2O3S/c1-13-10-15(22-24-17-4-2-3-5-20(17)28-22)6-8-16(13)23-21(25)14-7-9-18-19(11-14)27-12-26-18/h2-11H,12H2,1H3,(H,23,25). The van der Waals surface area contributed by atoms with E-state index in [2.05, 4.69) is 11.4 Å². The molecule has 0 atom stereocenters. The van der Waals surface area contributed by atoms with E-state index in [1.54, 1.807) is 29.5 Å². The van der Waals surface area contributed by atoms with Gasteiger partial charge in [-0.15, -0.1) is 11.3 Å². The molecule has 6 heteroatoms. The molecule has 1 N–H and O–H groups in total. The summed E-state index contributed by atoms with van der Waals surface area (Å²) in [6.45, 7) is 2.17. The van der Waals surface area contributed by atoms with Gasteiger partial charge in [0.2, 0.25) is 6.79 Å². The van der Waals surface area contributed by atoms with Crippen LogP contribution >= 0.6 is 11.3 Å². The predicted molar refractivity (Wildman–Crippen MR) is 110 cm³/mol. The van der Waals surface area contributed by atoms with Gasteiger partial charge in [-0.2, -0.15) is 0 Å². The van der Waals surface area contributed by atoms with Crippen molar-refractivity contribution in [1.29, 1.82) is 0 Å². The molecule has 1 amide bonds. The molecule has 4 aromatic rings. The van der Waals surface area contributed by atoms with Crippen molar-refractivity contribution < 1.29 is 14.3 Å². The lowest BCUT2D eigenvalue weighted by Gasteiger charge is -2.10. The number of hydrogen-bond donors (Lipinski definition) is 1. The Labute approximate surface area is 165 Å². The molecular weight excluding hydrogens is 372 g/mol. The first kappa shape index (κ1) is 16.8. The van der Waals surface area contributed by atoms with Crippen LogP contribution < -0.4 is 14.8 Å². The van der Waals surface area contributed by atoms with E-state index in [0.29, 0.717) is 17.1 Å². The molecule has 0 saturated heterocycles. The summed E-state index contributed by atoms with van der Waals surface area (Å²) in [7, 11) is 0. The van der Waals surface area contributed by atoms with Crippen LogP contribution in [0.15, 0.2) is 60.7 Å². The number of benzene rings is 3. The Morgan fingerprint density at radius 2 is 1.89 bits per heavy atom. The highest BCUT2D eigenvalue weighted by atomic mass is 32.1. The van der Waals surface area contributed by atoms with Crippen LogP contribution in [0.3, 0.4) is 0 Å². The number of amides is 1. The van der Waals surface area contributed by atoms with Gasteiger partial charge in [0.15, 0.2) is 11.5 Å². The number of para-hydroxylation sites is 1. The molecule has 5 rings (SSSR count). The number of carbonyl (C=O) groups is 1. The fraction of sp³-hybridized carbons (Fsp3) is 0.0909. The van der Waals surface area contributed by atoms with Gasteiger partial charge in [0.1, 0.15) is 5.01 Å². The normalized spacial score (nSPS) is 12.3. The number of fused-ring (bicyclic) bond motifs is 2. The second-order valence-electron chi connectivity index (χ2n) is 6.54. The summed E-state index contributed by atoms with van der Waals surface area (Å²) in [5.74, 6) is 1.07. The van der Waals surface area contributed by atoms with E-state index in [4.69, 9.17) is 14.5 Å². The number of rotatable bonds is 3. The topological polar surface area (TPSA) is 60.5 Å². The van der Waals surface area contributed by atoms with E-state index in [-0.39, 0.29) is 12.7 Å². The van der Waals surface area contributed by atoms with Crippen molar-refractivity contribution in [3.63, 3.8) is 0 Å². The summed E-state index contributed by atoms with van der Waals surface area (Å²) >= 11 is 1.66. The molecule has 1 aromatic heterocycles. The van der Waals surface area contributed by atoms with Crippen LogP contribution in [0, 0.1) is 6.92 Å². The summed E-state index contributed by atoms with van der Waals surface area (Å²) in [5, 5.41) is 3.94. The molecule has 5 nitrogen and oxygen atoms in total. The highest BCUT2D eigenvalue weighted by Gasteiger charge is 2.17. The van der Waals surface area contributed by atoms with Gasteiger partial charge in [0, 0.05) is 16.8 Å². The van der Waals surface area contributed by atoms with Gasteiger partial charge < -0.3 is 14.8 Å². The molecule has 1 aliphatic rings. The summed E-state index contributed by atoms with van der Waals surface area (Å²) in [6.07, 6.45) is 0. The van der Waals surface area contributed by atoms with Crippen molar-refractivity contribution in [1.82, 2.24) is 4.98 Å². The van der Waals surface area contributed by atoms with Crippen LogP contribution in [-0.4, -0.2) is 17.7 Å². The van der Waals surface area contributed by atoms with Crippen LogP contribution in [-0.2, 0) is 0 Å². The van der Waals surface area contributed by atoms with E-state index < -0.39 is 0 Å². The predicted octanol–water partition coefficient (Wildman–Crippen LogP) is 5.25. The van der Waals surface area contributed by atoms with Crippen LogP contribution in [0.5, 0.6) is 11.5 Å². The van der Waals surface area contributed by atoms with Crippen molar-refractivity contribution >= 4 is 33.1 Å². The number of thiazole rings is 1. The average molecular weight is 388 g/mol. The summed E-state index contributed by atoms with van der Waals surface area (Å²) in [4.78, 5) is 17.3. The molecule has 0 saturated carbocycles. The quantitative estimate of drug-likeness (QED) is 0.520. The number of carbonyl (C=O) groups excluding carboxylic acids is 1. The van der Waals surface area contributed by atoms with E-state index in [9.17, 15) is 4.79 Å². The van der Waals surface area contributed by atoms with Crippen molar-refractivity contribution in [2.45, 2.75) is 6.92 Å². The smallest absolute Gasteiger partial charge is 0.255 e. The Balaban J connectivity index is 1.39. The lowest BCUT2D eigenvalue weighted by atomic mass is 10.1. The number of aryl methyl sites for hydroxylation is 1. The Morgan fingerprint density at radius 1 is 1.04 bits per heavy atom. The molecule has 138 valence electrons. The van der Waals surface area contributed by atoms with Gasteiger partial charge in [0.25, 0.3) is 5.91 Å². The highest BCUT2D eigenvalue weighted by molar-refractivity contribution is 7.21. The first-order valence-corrected chi connectivity index (χ1v) is 9.67. The maximum absolute atomic E-state index is 12.6. The molecular formula is C22H16N2O3S. The zero-order valence-corrected chi connectivity index (χ0v) is 15.9. The van der Waals surface area contributed by atoms with Gasteiger partial charge >= 0.3 is 0 Å². The summed E-state index contributed by atoms with van der Waals surface area (Å²) < 4.78 is 11.8. The molecule has 28 heavy (non-hydrogen) atoms. The second kappa shape index (κ2) is 6.65. The largest absolute Gasteiger partial charge is 0.454 e. The minimum atomic E-state index is -0.186. The third-order valence-corrected chi connectivity index (χ3v) is 5.74. The maximum atomic E-state index is 12.6. The third-order valence-electron chi connectivity index (χ3n) is 4.65. The molecule has 0 unspecified atom stereocenters. The Bertz CT molecular complexity index is 1180. The van der Waals surface area contributed by atoms with Crippen LogP contribution in [0.4, 0.5) is 5.69 Å². The van der Waals surface area contributed by atoms with E-state index >= 15 is 0 Å². The number of aromatic nitrogens is 1. The van der Waals surface area contributed by atoms with Gasteiger partial charge in [-0.1, -0.05) is 12.1 Å². The summed E-state index contributed by atoms with van der Waals surface area (Å²) in [6, 6.07) is 19.2. The van der Waals surface area contributed by atoms with Crippen LogP contribution in [0.2, 0.25) is 0 Å². The molecule has 0 bridgehead atoms. The van der Waals surface area contributed by atoms with Crippen molar-refractivity contribution in [3.05, 3.63) is 71.8 Å². The lowest BCUT2D eigenvalue weighted by Crippen LogP contribution is -2.12. The third kappa shape index (κ3) is 2.97. The molecule has 0 aliphatic carbocycles. The molecule has 0 radical (unpaired) electrons. The Kier molecular flexibility index (Phi) is 3.98. The minimum absolute atomic E-state index is 0.186. The van der Waals surface area contributed by atoms with Gasteiger partial charge in [-0.3, -0.25) is 4.79 Å². The lowest BCUT2D eigenvalue weighted by molar-refractivity contribution is 0.102. The molecule has 3 aromatic carbocycles. The van der Waals surface area contributed by atoms with Gasteiger partial charge in [-0.05, 0) is 61.0 Å². The molecule has 0 spiro atoms. The maximum Gasteiger partial charge on any atom is 0.255 e. The first-order chi connectivity index (χ1) is 13.7. The van der Waals surface area contributed by atoms with Crippen LogP contribution in [0.25, 0.3) is 20.8 Å². The second-order valence-corrected chi connectivity index (χ2v) is 7.57. The molecule has 0 fully saturated rings. The number of nitrogens with one attached hydrogen (secondary N) is 1. The highest BCUT2D eigenvalue weighted by Crippen LogP contribution is 2.34. The molecule has 2 heterocycles. The minimum Gasteiger partial charge on any atom is -0.454 e. The number of nitrogens with zero attached hydrogens (tertiary/aromatic N) is 1.